The van der Waals surface area contributed by atoms with E-state index in [1.807, 2.05) is 18.2 Å². The van der Waals surface area contributed by atoms with Gasteiger partial charge in [-0.2, -0.15) is 0 Å². The monoisotopic (exact) mass is 259 g/mol. The first kappa shape index (κ1) is 12.5. The first-order valence-corrected chi connectivity index (χ1v) is 6.76. The van der Waals surface area contributed by atoms with Crippen LogP contribution in [-0.4, -0.2) is 0 Å². The van der Waals surface area contributed by atoms with Crippen LogP contribution in [-0.2, 0) is 0 Å². The molecular formula is C19H17N. The van der Waals surface area contributed by atoms with Gasteiger partial charge in [-0.1, -0.05) is 78.4 Å². The quantitative estimate of drug-likeness (QED) is 0.650. The number of rotatable bonds is 2. The van der Waals surface area contributed by atoms with Gasteiger partial charge in [0.1, 0.15) is 0 Å². The summed E-state index contributed by atoms with van der Waals surface area (Å²) in [4.78, 5) is 0. The Labute approximate surface area is 119 Å². The number of nitrogen functional groups attached to an aromatic ring is 1. The average molecular weight is 259 g/mol. The molecule has 0 heterocycles. The fourth-order valence-corrected chi connectivity index (χ4v) is 2.50. The summed E-state index contributed by atoms with van der Waals surface area (Å²) in [5.41, 5.74) is 13.0. The van der Waals surface area contributed by atoms with Crippen LogP contribution >= 0.6 is 0 Å². The van der Waals surface area contributed by atoms with Crippen molar-refractivity contribution in [2.45, 2.75) is 6.92 Å². The molecule has 0 atom stereocenters. The van der Waals surface area contributed by atoms with E-state index in [4.69, 9.17) is 5.73 Å². The minimum absolute atomic E-state index is 0.837. The number of hydrogen-bond acceptors (Lipinski definition) is 1. The lowest BCUT2D eigenvalue weighted by Crippen LogP contribution is -1.94. The minimum atomic E-state index is 0.837. The molecule has 0 amide bonds. The molecule has 0 saturated heterocycles. The molecule has 0 aliphatic heterocycles. The van der Waals surface area contributed by atoms with Crippen molar-refractivity contribution in [2.75, 3.05) is 5.73 Å². The zero-order chi connectivity index (χ0) is 13.9. The number of nitrogens with two attached hydrogens (primary N) is 1. The molecule has 0 unspecified atom stereocenters. The van der Waals surface area contributed by atoms with E-state index in [0.29, 0.717) is 0 Å². The summed E-state index contributed by atoms with van der Waals surface area (Å²) in [7, 11) is 0. The Bertz CT molecular complexity index is 730. The normalized spacial score (nSPS) is 10.4. The molecule has 0 aliphatic carbocycles. The van der Waals surface area contributed by atoms with Crippen LogP contribution in [0, 0.1) is 6.92 Å². The Hall–Kier alpha value is -2.54. The molecule has 0 fully saturated rings. The van der Waals surface area contributed by atoms with Crippen LogP contribution in [0.1, 0.15) is 5.56 Å². The Balaban J connectivity index is 2.15. The molecule has 1 heteroatoms. The molecule has 0 aliphatic rings. The maximum absolute atomic E-state index is 6.40. The zero-order valence-corrected chi connectivity index (χ0v) is 11.5. The molecular weight excluding hydrogens is 242 g/mol. The molecule has 3 aromatic rings. The van der Waals surface area contributed by atoms with Crippen molar-refractivity contribution in [3.05, 3.63) is 78.4 Å². The van der Waals surface area contributed by atoms with Gasteiger partial charge in [0.15, 0.2) is 0 Å². The van der Waals surface area contributed by atoms with Gasteiger partial charge in [0, 0.05) is 16.8 Å². The van der Waals surface area contributed by atoms with Crippen LogP contribution in [0.15, 0.2) is 72.8 Å². The third-order valence-corrected chi connectivity index (χ3v) is 3.52. The summed E-state index contributed by atoms with van der Waals surface area (Å²) in [6.07, 6.45) is 0. The third kappa shape index (κ3) is 2.30. The largest absolute Gasteiger partial charge is 0.398 e. The Kier molecular flexibility index (Phi) is 3.26. The van der Waals surface area contributed by atoms with E-state index in [1.54, 1.807) is 0 Å². The molecule has 20 heavy (non-hydrogen) atoms. The van der Waals surface area contributed by atoms with Crippen molar-refractivity contribution in [1.82, 2.24) is 0 Å². The van der Waals surface area contributed by atoms with Crippen molar-refractivity contribution in [1.29, 1.82) is 0 Å². The molecule has 0 radical (unpaired) electrons. The van der Waals surface area contributed by atoms with E-state index in [1.165, 1.54) is 11.1 Å². The second-order valence-corrected chi connectivity index (χ2v) is 5.00. The lowest BCUT2D eigenvalue weighted by atomic mass is 9.96. The van der Waals surface area contributed by atoms with Gasteiger partial charge in [-0.05, 0) is 18.1 Å². The number of anilines is 1. The van der Waals surface area contributed by atoms with Crippen LogP contribution < -0.4 is 5.73 Å². The summed E-state index contributed by atoms with van der Waals surface area (Å²) in [6, 6.07) is 24.9. The third-order valence-electron chi connectivity index (χ3n) is 3.52. The standard InChI is InChI=1S/C19H17N/c1-14-7-5-10-16(13-14)18-12-6-11-17(19(18)20)15-8-3-2-4-9-15/h2-13H,20H2,1H3. The first-order valence-electron chi connectivity index (χ1n) is 6.76. The van der Waals surface area contributed by atoms with Crippen molar-refractivity contribution in [2.24, 2.45) is 0 Å². The van der Waals surface area contributed by atoms with Gasteiger partial charge in [0.05, 0.1) is 0 Å². The molecule has 1 nitrogen and oxygen atoms in total. The van der Waals surface area contributed by atoms with E-state index in [2.05, 4.69) is 61.5 Å². The van der Waals surface area contributed by atoms with Gasteiger partial charge in [0.2, 0.25) is 0 Å². The fraction of sp³-hybridized carbons (Fsp3) is 0.0526. The summed E-state index contributed by atoms with van der Waals surface area (Å²) in [5, 5.41) is 0. The molecule has 3 aromatic carbocycles. The molecule has 0 saturated carbocycles. The van der Waals surface area contributed by atoms with Crippen LogP contribution in [0.5, 0.6) is 0 Å². The molecule has 0 bridgehead atoms. The maximum Gasteiger partial charge on any atom is 0.0473 e. The highest BCUT2D eigenvalue weighted by Gasteiger charge is 2.08. The average Bonchev–Trinajstić information content (AvgIpc) is 2.48. The number of para-hydroxylation sites is 1. The zero-order valence-electron chi connectivity index (χ0n) is 11.5. The Morgan fingerprint density at radius 3 is 1.95 bits per heavy atom. The highest BCUT2D eigenvalue weighted by atomic mass is 14.6. The topological polar surface area (TPSA) is 26.0 Å². The van der Waals surface area contributed by atoms with E-state index < -0.39 is 0 Å². The van der Waals surface area contributed by atoms with E-state index in [-0.39, 0.29) is 0 Å². The number of aryl methyl sites for hydroxylation is 1. The van der Waals surface area contributed by atoms with Crippen molar-refractivity contribution in [3.8, 4) is 22.3 Å². The van der Waals surface area contributed by atoms with E-state index in [0.717, 1.165) is 22.4 Å². The molecule has 0 aromatic heterocycles. The van der Waals surface area contributed by atoms with Crippen LogP contribution in [0.3, 0.4) is 0 Å². The summed E-state index contributed by atoms with van der Waals surface area (Å²) < 4.78 is 0. The summed E-state index contributed by atoms with van der Waals surface area (Å²) in [5.74, 6) is 0. The second kappa shape index (κ2) is 5.22. The van der Waals surface area contributed by atoms with Gasteiger partial charge >= 0.3 is 0 Å². The summed E-state index contributed by atoms with van der Waals surface area (Å²) in [6.45, 7) is 2.10. The maximum atomic E-state index is 6.40. The van der Waals surface area contributed by atoms with Crippen molar-refractivity contribution < 1.29 is 0 Å². The lowest BCUT2D eigenvalue weighted by molar-refractivity contribution is 1.47. The van der Waals surface area contributed by atoms with E-state index in [9.17, 15) is 0 Å². The van der Waals surface area contributed by atoms with Gasteiger partial charge in [-0.25, -0.2) is 0 Å². The Morgan fingerprint density at radius 1 is 0.650 bits per heavy atom. The highest BCUT2D eigenvalue weighted by molar-refractivity contribution is 5.88. The molecule has 2 N–H and O–H groups in total. The smallest absolute Gasteiger partial charge is 0.0473 e. The minimum Gasteiger partial charge on any atom is -0.398 e. The number of hydrogen-bond donors (Lipinski definition) is 1. The lowest BCUT2D eigenvalue weighted by Gasteiger charge is -2.12. The van der Waals surface area contributed by atoms with Crippen LogP contribution in [0.25, 0.3) is 22.3 Å². The Morgan fingerprint density at radius 2 is 1.25 bits per heavy atom. The summed E-state index contributed by atoms with van der Waals surface area (Å²) >= 11 is 0. The van der Waals surface area contributed by atoms with Crippen LogP contribution in [0.4, 0.5) is 5.69 Å². The molecule has 0 spiro atoms. The van der Waals surface area contributed by atoms with Gasteiger partial charge in [-0.3, -0.25) is 0 Å². The van der Waals surface area contributed by atoms with Crippen molar-refractivity contribution >= 4 is 5.69 Å². The fourth-order valence-electron chi connectivity index (χ4n) is 2.50. The predicted octanol–water partition coefficient (Wildman–Crippen LogP) is 4.91. The van der Waals surface area contributed by atoms with Crippen LogP contribution in [0.2, 0.25) is 0 Å². The highest BCUT2D eigenvalue weighted by Crippen LogP contribution is 2.34. The first-order chi connectivity index (χ1) is 9.75. The van der Waals surface area contributed by atoms with Gasteiger partial charge < -0.3 is 5.73 Å². The van der Waals surface area contributed by atoms with E-state index >= 15 is 0 Å². The van der Waals surface area contributed by atoms with Crippen molar-refractivity contribution in [3.63, 3.8) is 0 Å². The van der Waals surface area contributed by atoms with Gasteiger partial charge in [0.25, 0.3) is 0 Å². The molecule has 3 rings (SSSR count). The van der Waals surface area contributed by atoms with Gasteiger partial charge in [-0.15, -0.1) is 0 Å². The SMILES string of the molecule is Cc1cccc(-c2cccc(-c3ccccc3)c2N)c1. The second-order valence-electron chi connectivity index (χ2n) is 5.00. The molecule has 98 valence electrons. The number of benzene rings is 3. The predicted molar refractivity (Wildman–Crippen MR) is 86.5 cm³/mol.